The molecule has 0 amide bonds. The molecule has 82 heavy (non-hydrogen) atoms. The fourth-order valence-corrected chi connectivity index (χ4v) is 12.4. The highest BCUT2D eigenvalue weighted by atomic mass is 16.5. The van der Waals surface area contributed by atoms with Crippen LogP contribution in [0, 0.1) is 0 Å². The quantitative estimate of drug-likeness (QED) is 0.0211. The zero-order chi connectivity index (χ0) is 58.0. The predicted octanol–water partition coefficient (Wildman–Crippen LogP) is 21.0. The first-order valence-corrected chi connectivity index (χ1v) is 34.0. The second-order valence-electron chi connectivity index (χ2n) is 24.2. The Kier molecular flexibility index (Phi) is 31.3. The van der Waals surface area contributed by atoms with Crippen LogP contribution in [0.3, 0.4) is 0 Å². The zero-order valence-electron chi connectivity index (χ0n) is 52.0. The zero-order valence-corrected chi connectivity index (χ0v) is 52.0. The van der Waals surface area contributed by atoms with Crippen molar-refractivity contribution in [1.29, 1.82) is 0 Å². The fraction of sp³-hybridized carbons (Fsp3) is 0.649. The van der Waals surface area contributed by atoms with Crippen LogP contribution in [-0.4, -0.2) is 26.4 Å². The lowest BCUT2D eigenvalue weighted by Crippen LogP contribution is -2.24. The molecule has 0 spiro atoms. The monoisotopic (exact) mass is 1120 g/mol. The molecule has 6 rings (SSSR count). The topological polar surface area (TPSA) is 105 Å². The first-order valence-electron chi connectivity index (χ1n) is 34.0. The molecule has 0 aliphatic rings. The van der Waals surface area contributed by atoms with Gasteiger partial charge in [-0.3, -0.25) is 19.2 Å². The number of ether oxygens (including phenoxy) is 4. The molecule has 0 aliphatic heterocycles. The van der Waals surface area contributed by atoms with Crippen molar-refractivity contribution >= 4 is 53.9 Å². The number of unbranched alkanes of at least 4 members (excludes halogenated alkanes) is 36. The van der Waals surface area contributed by atoms with Gasteiger partial charge in [-0.25, -0.2) is 0 Å². The summed E-state index contributed by atoms with van der Waals surface area (Å²) in [4.78, 5) is 57.6. The van der Waals surface area contributed by atoms with Crippen LogP contribution in [0.25, 0.3) is 53.9 Å². The molecule has 8 heteroatoms. The first kappa shape index (κ1) is 66.2. The summed E-state index contributed by atoms with van der Waals surface area (Å²) < 4.78 is 26.7. The van der Waals surface area contributed by atoms with Gasteiger partial charge in [-0.1, -0.05) is 271 Å². The number of hydrogen-bond donors (Lipinski definition) is 0. The molecule has 0 aliphatic carbocycles. The van der Waals surface area contributed by atoms with Crippen molar-refractivity contribution in [3.8, 4) is 23.0 Å². The molecule has 0 fully saturated rings. The van der Waals surface area contributed by atoms with Crippen LogP contribution in [0.15, 0.2) is 67.7 Å². The lowest BCUT2D eigenvalue weighted by atomic mass is 9.89. The Hall–Kier alpha value is -4.98. The fourth-order valence-electron chi connectivity index (χ4n) is 12.4. The summed E-state index contributed by atoms with van der Waals surface area (Å²) in [7, 11) is 0. The van der Waals surface area contributed by atoms with Gasteiger partial charge in [-0.15, -0.1) is 0 Å². The van der Waals surface area contributed by atoms with Gasteiger partial charge in [0.25, 0.3) is 0 Å². The maximum absolute atomic E-state index is 14.8. The Morgan fingerprint density at radius 3 is 0.732 bits per heavy atom. The summed E-state index contributed by atoms with van der Waals surface area (Å²) in [6, 6.07) is 14.5. The van der Waals surface area contributed by atoms with Gasteiger partial charge < -0.3 is 18.9 Å². The molecule has 0 radical (unpaired) electrons. The molecule has 452 valence electrons. The Morgan fingerprint density at radius 1 is 0.244 bits per heavy atom. The third kappa shape index (κ3) is 20.7. The normalized spacial score (nSPS) is 11.8. The van der Waals surface area contributed by atoms with Gasteiger partial charge in [0.1, 0.15) is 23.0 Å². The van der Waals surface area contributed by atoms with Crippen LogP contribution in [0.1, 0.15) is 285 Å². The second kappa shape index (κ2) is 38.8. The number of fused-ring (bicyclic) bond motifs is 9. The third-order valence-corrected chi connectivity index (χ3v) is 17.3. The number of rotatable bonds is 48. The number of hydrogen-bond acceptors (Lipinski definition) is 8. The van der Waals surface area contributed by atoms with Crippen molar-refractivity contribution in [3.63, 3.8) is 0 Å². The van der Waals surface area contributed by atoms with Gasteiger partial charge in [0, 0.05) is 55.2 Å². The van der Waals surface area contributed by atoms with Crippen molar-refractivity contribution in [2.45, 2.75) is 285 Å². The van der Waals surface area contributed by atoms with Crippen molar-refractivity contribution in [2.75, 3.05) is 26.4 Å². The van der Waals surface area contributed by atoms with Crippen molar-refractivity contribution in [3.05, 3.63) is 89.4 Å². The van der Waals surface area contributed by atoms with E-state index in [4.69, 9.17) is 18.9 Å². The minimum Gasteiger partial charge on any atom is -0.493 e. The molecule has 0 heterocycles. The van der Waals surface area contributed by atoms with Crippen molar-refractivity contribution < 1.29 is 18.9 Å². The molecule has 0 unspecified atom stereocenters. The Morgan fingerprint density at radius 2 is 0.476 bits per heavy atom. The van der Waals surface area contributed by atoms with Crippen LogP contribution in [-0.2, 0) is 0 Å². The highest BCUT2D eigenvalue weighted by Gasteiger charge is 2.24. The van der Waals surface area contributed by atoms with E-state index in [-0.39, 0.29) is 10.8 Å². The largest absolute Gasteiger partial charge is 0.493 e. The lowest BCUT2D eigenvalue weighted by Gasteiger charge is -2.19. The average molecular weight is 1130 g/mol. The average Bonchev–Trinajstić information content (AvgIpc) is 1.70. The van der Waals surface area contributed by atoms with Crippen LogP contribution < -0.4 is 40.7 Å². The Bertz CT molecular complexity index is 2800. The summed E-state index contributed by atoms with van der Waals surface area (Å²) in [5, 5.41) is 5.21. The van der Waals surface area contributed by atoms with E-state index in [1.165, 1.54) is 192 Å². The van der Waals surface area contributed by atoms with Gasteiger partial charge in [-0.05, 0) is 60.7 Å². The molecule has 0 saturated carbocycles. The van der Waals surface area contributed by atoms with Crippen molar-refractivity contribution in [1.82, 2.24) is 0 Å². The molecular formula is C74H108O8. The van der Waals surface area contributed by atoms with E-state index in [0.717, 1.165) is 82.4 Å². The second-order valence-corrected chi connectivity index (χ2v) is 24.2. The lowest BCUT2D eigenvalue weighted by molar-refractivity contribution is 0.304. The number of benzene rings is 6. The van der Waals surface area contributed by atoms with E-state index in [1.54, 1.807) is 0 Å². The minimum atomic E-state index is -0.650. The van der Waals surface area contributed by atoms with Gasteiger partial charge >= 0.3 is 0 Å². The maximum Gasteiger partial charge on any atom is 0.234 e. The van der Waals surface area contributed by atoms with Crippen molar-refractivity contribution in [2.24, 2.45) is 0 Å². The molecule has 0 aromatic heterocycles. The van der Waals surface area contributed by atoms with E-state index in [0.29, 0.717) is 87.1 Å². The van der Waals surface area contributed by atoms with Gasteiger partial charge in [0.05, 0.1) is 26.4 Å². The van der Waals surface area contributed by atoms with Gasteiger partial charge in [0.2, 0.25) is 21.7 Å². The van der Waals surface area contributed by atoms with E-state index >= 15 is 0 Å². The van der Waals surface area contributed by atoms with Crippen LogP contribution >= 0.6 is 0 Å². The standard InChI is InChI=1S/C74H108O8/c1-5-9-13-17-21-25-29-33-37-41-49-79-64-53-60-66(81-51-43-39-35-31-27-23-19-15-11-7-3)55-62(75)73(77)71(60)69-58(64)47-45-57-46-48-59-65(80-50-42-38-34-30-26-22-18-14-10-6-2)54-61-67(56-63(76)74(78)72(61)70(59)68(57)69)82-52-44-40-36-32-28-24-20-16-12-8-4/h45-48,53-56H,5-44,49-52H2,1-4H3. The smallest absolute Gasteiger partial charge is 0.234 e. The van der Waals surface area contributed by atoms with E-state index < -0.39 is 21.7 Å². The molecule has 0 N–H and O–H groups in total. The summed E-state index contributed by atoms with van der Waals surface area (Å²) >= 11 is 0. The molecule has 6 aromatic rings. The highest BCUT2D eigenvalue weighted by Crippen LogP contribution is 2.46. The van der Waals surface area contributed by atoms with E-state index in [1.807, 2.05) is 36.4 Å². The molecule has 0 saturated heterocycles. The summed E-state index contributed by atoms with van der Waals surface area (Å²) in [6.45, 7) is 10.8. The van der Waals surface area contributed by atoms with Crippen LogP contribution in [0.4, 0.5) is 0 Å². The Balaban J connectivity index is 1.40. The Labute approximate surface area is 493 Å². The van der Waals surface area contributed by atoms with Gasteiger partial charge in [-0.2, -0.15) is 0 Å². The molecule has 0 atom stereocenters. The first-order chi connectivity index (χ1) is 40.3. The maximum atomic E-state index is 14.8. The summed E-state index contributed by atoms with van der Waals surface area (Å²) in [5.41, 5.74) is -2.57. The minimum absolute atomic E-state index is 0.234. The van der Waals surface area contributed by atoms with Crippen LogP contribution in [0.5, 0.6) is 23.0 Å². The SMILES string of the molecule is CCCCCCCCCCCCOc1cc(=O)c(=O)c2c1cc(OCCCCCCCCCCCC)c1ccc3ccc4c(OCCCCCCCCCCCC)cc5c(OCCCCCCCCCCCC)cc(=O)c(=O)c5c4c3c12. The molecular weight excluding hydrogens is 1020 g/mol. The van der Waals surface area contributed by atoms with E-state index in [2.05, 4.69) is 27.7 Å². The molecule has 6 aromatic carbocycles. The third-order valence-electron chi connectivity index (χ3n) is 17.3. The van der Waals surface area contributed by atoms with Gasteiger partial charge in [0.15, 0.2) is 0 Å². The molecule has 0 bridgehead atoms. The summed E-state index contributed by atoms with van der Waals surface area (Å²) in [6.07, 6.45) is 47.9. The molecule has 8 nitrogen and oxygen atoms in total. The summed E-state index contributed by atoms with van der Waals surface area (Å²) in [5.74, 6) is 1.89. The van der Waals surface area contributed by atoms with E-state index in [9.17, 15) is 19.2 Å². The highest BCUT2D eigenvalue weighted by molar-refractivity contribution is 6.34. The predicted molar refractivity (Wildman–Crippen MR) is 351 cm³/mol. The van der Waals surface area contributed by atoms with Crippen LogP contribution in [0.2, 0.25) is 0 Å².